The Morgan fingerprint density at radius 2 is 2.40 bits per heavy atom. The number of nitrogens with one attached hydrogen (secondary N) is 1. The summed E-state index contributed by atoms with van der Waals surface area (Å²) in [5.74, 6) is -0.00683. The van der Waals surface area contributed by atoms with Crippen LogP contribution in [-0.2, 0) is 9.53 Å². The van der Waals surface area contributed by atoms with Crippen LogP contribution in [0.3, 0.4) is 0 Å². The van der Waals surface area contributed by atoms with Crippen LogP contribution >= 0.6 is 0 Å². The van der Waals surface area contributed by atoms with E-state index in [2.05, 4.69) is 5.32 Å². The molecule has 0 spiro atoms. The molecule has 88 valence electrons. The lowest BCUT2D eigenvalue weighted by molar-refractivity contribution is -0.122. The van der Waals surface area contributed by atoms with Crippen molar-refractivity contribution in [2.24, 2.45) is 0 Å². The predicted octanol–water partition coefficient (Wildman–Crippen LogP) is 0.833. The largest absolute Gasteiger partial charge is 0.393 e. The molecule has 1 aliphatic heterocycles. The van der Waals surface area contributed by atoms with Crippen LogP contribution in [0.25, 0.3) is 0 Å². The lowest BCUT2D eigenvalue weighted by Crippen LogP contribution is -2.40. The molecule has 2 atom stereocenters. The van der Waals surface area contributed by atoms with Crippen molar-refractivity contribution in [1.29, 1.82) is 0 Å². The highest BCUT2D eigenvalue weighted by Gasteiger charge is 2.29. The van der Waals surface area contributed by atoms with Gasteiger partial charge in [-0.2, -0.15) is 0 Å². The molecule has 4 heteroatoms. The summed E-state index contributed by atoms with van der Waals surface area (Å²) >= 11 is 0. The molecule has 0 bridgehead atoms. The number of ether oxygens (including phenoxy) is 1. The van der Waals surface area contributed by atoms with E-state index >= 15 is 0 Å². The van der Waals surface area contributed by atoms with Crippen LogP contribution in [0.4, 0.5) is 0 Å². The Morgan fingerprint density at radius 1 is 1.67 bits per heavy atom. The molecule has 2 N–H and O–H groups in total. The van der Waals surface area contributed by atoms with Crippen LogP contribution in [0, 0.1) is 0 Å². The highest BCUT2D eigenvalue weighted by molar-refractivity contribution is 5.75. The van der Waals surface area contributed by atoms with E-state index in [1.54, 1.807) is 6.92 Å². The molecule has 4 nitrogen and oxygen atoms in total. The Kier molecular flexibility index (Phi) is 4.54. The minimum absolute atomic E-state index is 0.00683. The number of aliphatic hydroxyl groups is 1. The molecule has 1 fully saturated rings. The van der Waals surface area contributed by atoms with Crippen molar-refractivity contribution in [2.45, 2.75) is 51.2 Å². The van der Waals surface area contributed by atoms with E-state index in [1.165, 1.54) is 0 Å². The number of amides is 1. The SMILES string of the molecule is CC(O)CCC(=O)NCC1(C)CCCO1. The summed E-state index contributed by atoms with van der Waals surface area (Å²) in [5, 5.41) is 11.9. The normalized spacial score (nSPS) is 27.7. The highest BCUT2D eigenvalue weighted by Crippen LogP contribution is 2.23. The van der Waals surface area contributed by atoms with Gasteiger partial charge in [-0.1, -0.05) is 0 Å². The van der Waals surface area contributed by atoms with Gasteiger partial charge in [0, 0.05) is 19.6 Å². The topological polar surface area (TPSA) is 58.6 Å². The predicted molar refractivity (Wildman–Crippen MR) is 57.5 cm³/mol. The summed E-state index contributed by atoms with van der Waals surface area (Å²) in [6, 6.07) is 0. The lowest BCUT2D eigenvalue weighted by atomic mass is 10.0. The number of hydrogen-bond acceptors (Lipinski definition) is 3. The molecule has 2 unspecified atom stereocenters. The fraction of sp³-hybridized carbons (Fsp3) is 0.909. The molecule has 0 aromatic heterocycles. The van der Waals surface area contributed by atoms with E-state index in [0.717, 1.165) is 19.4 Å². The maximum atomic E-state index is 11.4. The van der Waals surface area contributed by atoms with Gasteiger partial charge in [-0.3, -0.25) is 4.79 Å². The van der Waals surface area contributed by atoms with Crippen molar-refractivity contribution in [3.8, 4) is 0 Å². The minimum Gasteiger partial charge on any atom is -0.393 e. The van der Waals surface area contributed by atoms with Crippen LogP contribution in [0.1, 0.15) is 39.5 Å². The maximum absolute atomic E-state index is 11.4. The van der Waals surface area contributed by atoms with Gasteiger partial charge in [0.05, 0.1) is 11.7 Å². The van der Waals surface area contributed by atoms with Gasteiger partial charge in [-0.15, -0.1) is 0 Å². The van der Waals surface area contributed by atoms with Gasteiger partial charge in [0.2, 0.25) is 5.91 Å². The van der Waals surface area contributed by atoms with Crippen molar-refractivity contribution < 1.29 is 14.6 Å². The van der Waals surface area contributed by atoms with Crippen LogP contribution in [0.5, 0.6) is 0 Å². The van der Waals surface area contributed by atoms with Gasteiger partial charge in [-0.05, 0) is 33.1 Å². The van der Waals surface area contributed by atoms with Crippen molar-refractivity contribution >= 4 is 5.91 Å². The summed E-state index contributed by atoms with van der Waals surface area (Å²) in [6.45, 7) is 5.08. The second kappa shape index (κ2) is 5.47. The molecule has 0 saturated carbocycles. The number of rotatable bonds is 5. The molecule has 0 aliphatic carbocycles. The highest BCUT2D eigenvalue weighted by atomic mass is 16.5. The van der Waals surface area contributed by atoms with Gasteiger partial charge < -0.3 is 15.2 Å². The van der Waals surface area contributed by atoms with Crippen molar-refractivity contribution in [3.63, 3.8) is 0 Å². The molecule has 0 aromatic rings. The molecular formula is C11H21NO3. The minimum atomic E-state index is -0.408. The molecule has 15 heavy (non-hydrogen) atoms. The summed E-state index contributed by atoms with van der Waals surface area (Å²) in [5.41, 5.74) is -0.180. The molecule has 1 aliphatic rings. The zero-order valence-corrected chi connectivity index (χ0v) is 9.58. The van der Waals surface area contributed by atoms with Crippen molar-refractivity contribution in [2.75, 3.05) is 13.2 Å². The van der Waals surface area contributed by atoms with E-state index in [9.17, 15) is 4.79 Å². The molecular weight excluding hydrogens is 194 g/mol. The smallest absolute Gasteiger partial charge is 0.220 e. The third-order valence-electron chi connectivity index (χ3n) is 2.75. The molecule has 0 radical (unpaired) electrons. The molecule has 1 amide bonds. The van der Waals surface area contributed by atoms with E-state index in [1.807, 2.05) is 6.92 Å². The number of carbonyl (C=O) groups excluding carboxylic acids is 1. The van der Waals surface area contributed by atoms with Gasteiger partial charge in [0.1, 0.15) is 0 Å². The molecule has 1 heterocycles. The number of carbonyl (C=O) groups is 1. The second-order valence-corrected chi connectivity index (χ2v) is 4.57. The van der Waals surface area contributed by atoms with Gasteiger partial charge >= 0.3 is 0 Å². The first-order valence-corrected chi connectivity index (χ1v) is 5.60. The molecule has 1 saturated heterocycles. The van der Waals surface area contributed by atoms with E-state index in [-0.39, 0.29) is 11.5 Å². The van der Waals surface area contributed by atoms with Gasteiger partial charge in [0.15, 0.2) is 0 Å². The fourth-order valence-corrected chi connectivity index (χ4v) is 1.69. The van der Waals surface area contributed by atoms with Crippen molar-refractivity contribution in [3.05, 3.63) is 0 Å². The van der Waals surface area contributed by atoms with E-state index in [0.29, 0.717) is 19.4 Å². The average molecular weight is 215 g/mol. The zero-order chi connectivity index (χ0) is 11.3. The van der Waals surface area contributed by atoms with Crippen molar-refractivity contribution in [1.82, 2.24) is 5.32 Å². The lowest BCUT2D eigenvalue weighted by Gasteiger charge is -2.23. The Bertz CT molecular complexity index is 210. The average Bonchev–Trinajstić information content (AvgIpc) is 2.60. The van der Waals surface area contributed by atoms with E-state index < -0.39 is 6.10 Å². The Hall–Kier alpha value is -0.610. The third-order valence-corrected chi connectivity index (χ3v) is 2.75. The summed E-state index contributed by atoms with van der Waals surface area (Å²) in [6.07, 6.45) is 2.56. The Labute approximate surface area is 91.0 Å². The summed E-state index contributed by atoms with van der Waals surface area (Å²) in [7, 11) is 0. The van der Waals surface area contributed by atoms with E-state index in [4.69, 9.17) is 9.84 Å². The zero-order valence-electron chi connectivity index (χ0n) is 9.58. The third kappa shape index (κ3) is 4.62. The van der Waals surface area contributed by atoms with Crippen LogP contribution in [0.2, 0.25) is 0 Å². The fourth-order valence-electron chi connectivity index (χ4n) is 1.69. The number of aliphatic hydroxyl groups excluding tert-OH is 1. The van der Waals surface area contributed by atoms with Gasteiger partial charge in [0.25, 0.3) is 0 Å². The standard InChI is InChI=1S/C11H21NO3/c1-9(13)4-5-10(14)12-8-11(2)6-3-7-15-11/h9,13H,3-8H2,1-2H3,(H,12,14). The second-order valence-electron chi connectivity index (χ2n) is 4.57. The van der Waals surface area contributed by atoms with Crippen LogP contribution < -0.4 is 5.32 Å². The van der Waals surface area contributed by atoms with Crippen LogP contribution in [-0.4, -0.2) is 35.9 Å². The summed E-state index contributed by atoms with van der Waals surface area (Å²) in [4.78, 5) is 11.4. The monoisotopic (exact) mass is 215 g/mol. The number of hydrogen-bond donors (Lipinski definition) is 2. The molecule has 0 aromatic carbocycles. The first-order chi connectivity index (χ1) is 7.02. The van der Waals surface area contributed by atoms with Gasteiger partial charge in [-0.25, -0.2) is 0 Å². The summed E-state index contributed by atoms with van der Waals surface area (Å²) < 4.78 is 5.55. The first kappa shape index (κ1) is 12.5. The Morgan fingerprint density at radius 3 is 2.93 bits per heavy atom. The Balaban J connectivity index is 2.16. The van der Waals surface area contributed by atoms with Crippen LogP contribution in [0.15, 0.2) is 0 Å². The first-order valence-electron chi connectivity index (χ1n) is 5.60. The molecule has 1 rings (SSSR count). The quantitative estimate of drug-likeness (QED) is 0.714. The maximum Gasteiger partial charge on any atom is 0.220 e.